The molecule has 3 heterocycles. The highest BCUT2D eigenvalue weighted by Crippen LogP contribution is 2.17. The molecule has 0 unspecified atom stereocenters. The molecular formula is C22H21BrN6O. The van der Waals surface area contributed by atoms with Gasteiger partial charge >= 0.3 is 0 Å². The largest absolute Gasteiger partial charge is 0.337 e. The van der Waals surface area contributed by atoms with Gasteiger partial charge in [-0.3, -0.25) is 9.78 Å². The van der Waals surface area contributed by atoms with Crippen molar-refractivity contribution in [3.63, 3.8) is 0 Å². The molecule has 1 amide bonds. The third-order valence-electron chi connectivity index (χ3n) is 5.23. The molecule has 1 saturated heterocycles. The summed E-state index contributed by atoms with van der Waals surface area (Å²) in [7, 11) is 0. The molecule has 1 aromatic carbocycles. The molecule has 1 atom stereocenters. The summed E-state index contributed by atoms with van der Waals surface area (Å²) in [4.78, 5) is 22.9. The average Bonchev–Trinajstić information content (AvgIpc) is 3.42. The molecule has 1 aliphatic rings. The second-order valence-electron chi connectivity index (χ2n) is 7.33. The number of hydrogen-bond donors (Lipinski definition) is 1. The summed E-state index contributed by atoms with van der Waals surface area (Å²) in [5.41, 5.74) is 3.46. The number of benzene rings is 1. The van der Waals surface area contributed by atoms with Crippen molar-refractivity contribution in [2.45, 2.75) is 25.6 Å². The minimum Gasteiger partial charge on any atom is -0.337 e. The van der Waals surface area contributed by atoms with Crippen LogP contribution in [-0.2, 0) is 13.1 Å². The first kappa shape index (κ1) is 20.3. The Bertz CT molecular complexity index is 1070. The molecule has 2 aromatic heterocycles. The van der Waals surface area contributed by atoms with Crippen LogP contribution in [0.4, 0.5) is 0 Å². The van der Waals surface area contributed by atoms with Gasteiger partial charge in [-0.1, -0.05) is 12.1 Å². The van der Waals surface area contributed by atoms with E-state index in [-0.39, 0.29) is 11.9 Å². The Hall–Kier alpha value is -3.02. The molecule has 4 rings (SSSR count). The zero-order chi connectivity index (χ0) is 20.9. The first-order valence-corrected chi connectivity index (χ1v) is 10.5. The number of halogens is 1. The highest BCUT2D eigenvalue weighted by Gasteiger charge is 2.27. The Balaban J connectivity index is 1.32. The fraction of sp³-hybridized carbons (Fsp3) is 0.273. The molecular weight excluding hydrogens is 444 g/mol. The minimum absolute atomic E-state index is 0.0129. The van der Waals surface area contributed by atoms with Gasteiger partial charge < -0.3 is 14.8 Å². The first-order valence-electron chi connectivity index (χ1n) is 9.73. The number of amides is 1. The lowest BCUT2D eigenvalue weighted by atomic mass is 10.1. The van der Waals surface area contributed by atoms with Gasteiger partial charge in [-0.15, -0.1) is 0 Å². The number of nitrogens with zero attached hydrogens (tertiary/aromatic N) is 5. The van der Waals surface area contributed by atoms with E-state index in [0.29, 0.717) is 30.8 Å². The monoisotopic (exact) mass is 464 g/mol. The molecule has 1 fully saturated rings. The van der Waals surface area contributed by atoms with Crippen LogP contribution in [0.3, 0.4) is 0 Å². The third kappa shape index (κ3) is 4.75. The van der Waals surface area contributed by atoms with Crippen molar-refractivity contribution in [1.82, 2.24) is 24.8 Å². The summed E-state index contributed by atoms with van der Waals surface area (Å²) in [5, 5.41) is 12.5. The van der Waals surface area contributed by atoms with Crippen LogP contribution in [-0.4, -0.2) is 44.5 Å². The number of carbonyl (C=O) groups is 1. The van der Waals surface area contributed by atoms with Crippen LogP contribution in [0, 0.1) is 11.3 Å². The van der Waals surface area contributed by atoms with Crippen LogP contribution in [0.2, 0.25) is 0 Å². The second-order valence-corrected chi connectivity index (χ2v) is 8.25. The molecule has 3 aromatic rings. The summed E-state index contributed by atoms with van der Waals surface area (Å²) >= 11 is 3.37. The fourth-order valence-corrected chi connectivity index (χ4v) is 3.96. The molecule has 0 bridgehead atoms. The number of imidazole rings is 1. The van der Waals surface area contributed by atoms with Crippen molar-refractivity contribution in [1.29, 1.82) is 5.26 Å². The van der Waals surface area contributed by atoms with E-state index < -0.39 is 0 Å². The topological polar surface area (TPSA) is 86.8 Å². The minimum atomic E-state index is 0.0129. The lowest BCUT2D eigenvalue weighted by Crippen LogP contribution is -2.35. The Kier molecular flexibility index (Phi) is 6.21. The maximum atomic E-state index is 12.7. The summed E-state index contributed by atoms with van der Waals surface area (Å²) < 4.78 is 2.90. The van der Waals surface area contributed by atoms with Gasteiger partial charge in [0.05, 0.1) is 29.2 Å². The number of aromatic nitrogens is 3. The van der Waals surface area contributed by atoms with Crippen molar-refractivity contribution in [2.24, 2.45) is 0 Å². The van der Waals surface area contributed by atoms with Gasteiger partial charge in [-0.05, 0) is 46.1 Å². The van der Waals surface area contributed by atoms with Crippen molar-refractivity contribution in [3.05, 3.63) is 82.1 Å². The standard InChI is InChI=1S/C22H21BrN6O/c23-19-7-18(9-25-10-19)22(30)28-6-5-20(14-28)27-12-21-11-26-15-29(21)13-17-3-1-16(8-24)2-4-17/h1-4,7,9-11,15,20,27H,5-6,12-14H2/t20-/m1/s1. The Morgan fingerprint density at radius 1 is 1.23 bits per heavy atom. The molecule has 30 heavy (non-hydrogen) atoms. The highest BCUT2D eigenvalue weighted by atomic mass is 79.9. The van der Waals surface area contributed by atoms with Crippen LogP contribution >= 0.6 is 15.9 Å². The lowest BCUT2D eigenvalue weighted by molar-refractivity contribution is 0.0788. The van der Waals surface area contributed by atoms with Crippen LogP contribution in [0.1, 0.15) is 33.6 Å². The molecule has 0 radical (unpaired) electrons. The van der Waals surface area contributed by atoms with E-state index in [0.717, 1.165) is 28.7 Å². The van der Waals surface area contributed by atoms with Crippen molar-refractivity contribution in [2.75, 3.05) is 13.1 Å². The summed E-state index contributed by atoms with van der Waals surface area (Å²) in [6, 6.07) is 11.8. The van der Waals surface area contributed by atoms with E-state index in [4.69, 9.17) is 5.26 Å². The molecule has 1 aliphatic heterocycles. The van der Waals surface area contributed by atoms with E-state index in [1.165, 1.54) is 0 Å². The summed E-state index contributed by atoms with van der Waals surface area (Å²) in [6.07, 6.45) is 7.88. The Morgan fingerprint density at radius 3 is 2.83 bits per heavy atom. The fourth-order valence-electron chi connectivity index (χ4n) is 3.59. The number of nitriles is 1. The SMILES string of the molecule is N#Cc1ccc(Cn2cncc2CN[C@@H]2CCN(C(=O)c3cncc(Br)c3)C2)cc1. The lowest BCUT2D eigenvalue weighted by Gasteiger charge is -2.17. The molecule has 0 aliphatic carbocycles. The molecule has 0 spiro atoms. The van der Waals surface area contributed by atoms with Crippen LogP contribution in [0.15, 0.2) is 59.7 Å². The van der Waals surface area contributed by atoms with E-state index in [1.54, 1.807) is 18.5 Å². The zero-order valence-corrected chi connectivity index (χ0v) is 17.9. The van der Waals surface area contributed by atoms with Gasteiger partial charge in [0.15, 0.2) is 0 Å². The number of rotatable bonds is 6. The summed E-state index contributed by atoms with van der Waals surface area (Å²) in [6.45, 7) is 2.79. The number of carbonyl (C=O) groups excluding carboxylic acids is 1. The zero-order valence-electron chi connectivity index (χ0n) is 16.3. The van der Waals surface area contributed by atoms with Crippen LogP contribution in [0.5, 0.6) is 0 Å². The quantitative estimate of drug-likeness (QED) is 0.605. The van der Waals surface area contributed by atoms with Crippen molar-refractivity contribution >= 4 is 21.8 Å². The van der Waals surface area contributed by atoms with E-state index in [1.807, 2.05) is 41.7 Å². The van der Waals surface area contributed by atoms with E-state index in [2.05, 4.69) is 41.9 Å². The van der Waals surface area contributed by atoms with Gasteiger partial charge in [0.1, 0.15) is 0 Å². The molecule has 8 heteroatoms. The average molecular weight is 465 g/mol. The normalized spacial score (nSPS) is 15.9. The van der Waals surface area contributed by atoms with Gasteiger partial charge in [-0.2, -0.15) is 5.26 Å². The molecule has 152 valence electrons. The first-order chi connectivity index (χ1) is 14.6. The predicted molar refractivity (Wildman–Crippen MR) is 116 cm³/mol. The second kappa shape index (κ2) is 9.20. The van der Waals surface area contributed by atoms with Gasteiger partial charge in [0.25, 0.3) is 5.91 Å². The van der Waals surface area contributed by atoms with Gasteiger partial charge in [-0.25, -0.2) is 4.98 Å². The highest BCUT2D eigenvalue weighted by molar-refractivity contribution is 9.10. The van der Waals surface area contributed by atoms with E-state index in [9.17, 15) is 4.79 Å². The predicted octanol–water partition coefficient (Wildman–Crippen LogP) is 2.96. The van der Waals surface area contributed by atoms with Crippen molar-refractivity contribution in [3.8, 4) is 6.07 Å². The smallest absolute Gasteiger partial charge is 0.255 e. The molecule has 7 nitrogen and oxygen atoms in total. The van der Waals surface area contributed by atoms with Crippen LogP contribution < -0.4 is 5.32 Å². The van der Waals surface area contributed by atoms with Crippen LogP contribution in [0.25, 0.3) is 0 Å². The number of nitrogens with one attached hydrogen (secondary N) is 1. The Morgan fingerprint density at radius 2 is 2.07 bits per heavy atom. The Labute approximate surface area is 183 Å². The van der Waals surface area contributed by atoms with Gasteiger partial charge in [0, 0.05) is 55.3 Å². The molecule has 0 saturated carbocycles. The number of likely N-dealkylation sites (tertiary alicyclic amines) is 1. The summed E-state index contributed by atoms with van der Waals surface area (Å²) in [5.74, 6) is 0.0129. The number of hydrogen-bond acceptors (Lipinski definition) is 5. The van der Waals surface area contributed by atoms with Gasteiger partial charge in [0.2, 0.25) is 0 Å². The maximum absolute atomic E-state index is 12.7. The molecule has 1 N–H and O–H groups in total. The maximum Gasteiger partial charge on any atom is 0.255 e. The number of pyridine rings is 1. The van der Waals surface area contributed by atoms with E-state index >= 15 is 0 Å². The third-order valence-corrected chi connectivity index (χ3v) is 5.67. The van der Waals surface area contributed by atoms with Crippen molar-refractivity contribution < 1.29 is 4.79 Å².